The molecule has 3 rings (SSSR count). The molecule has 2 amide bonds. The fourth-order valence-electron chi connectivity index (χ4n) is 3.19. The largest absolute Gasteiger partial charge is 0.350 e. The number of carbonyl (C=O) groups is 2. The zero-order chi connectivity index (χ0) is 19.6. The zero-order valence-corrected chi connectivity index (χ0v) is 15.9. The Hall–Kier alpha value is -2.44. The van der Waals surface area contributed by atoms with Crippen LogP contribution in [-0.2, 0) is 11.2 Å². The predicted octanol–water partition coefficient (Wildman–Crippen LogP) is 3.40. The van der Waals surface area contributed by atoms with Gasteiger partial charge in [0, 0.05) is 34.8 Å². The van der Waals surface area contributed by atoms with Gasteiger partial charge in [0.2, 0.25) is 5.91 Å². The van der Waals surface area contributed by atoms with Crippen LogP contribution in [0.25, 0.3) is 0 Å². The number of halogens is 2. The number of nitrogens with zero attached hydrogens (tertiary/aromatic N) is 1. The predicted molar refractivity (Wildman–Crippen MR) is 104 cm³/mol. The molecular formula is C20H21ClFN3O2. The van der Waals surface area contributed by atoms with E-state index in [1.54, 1.807) is 44.4 Å². The minimum Gasteiger partial charge on any atom is -0.350 e. The first-order valence-corrected chi connectivity index (χ1v) is 9.06. The van der Waals surface area contributed by atoms with Crippen LogP contribution in [-0.4, -0.2) is 37.4 Å². The van der Waals surface area contributed by atoms with Crippen molar-refractivity contribution in [2.45, 2.75) is 18.9 Å². The lowest BCUT2D eigenvalue weighted by atomic mass is 10.00. The van der Waals surface area contributed by atoms with Crippen LogP contribution >= 0.6 is 11.6 Å². The van der Waals surface area contributed by atoms with Crippen LogP contribution in [0.3, 0.4) is 0 Å². The van der Waals surface area contributed by atoms with Crippen molar-refractivity contribution in [3.8, 4) is 0 Å². The van der Waals surface area contributed by atoms with E-state index in [1.165, 1.54) is 6.07 Å². The Morgan fingerprint density at radius 3 is 2.78 bits per heavy atom. The number of nitrogens with one attached hydrogen (secondary N) is 2. The molecule has 0 saturated carbocycles. The summed E-state index contributed by atoms with van der Waals surface area (Å²) in [5.41, 5.74) is 2.54. The highest BCUT2D eigenvalue weighted by Crippen LogP contribution is 2.28. The molecule has 5 nitrogen and oxygen atoms in total. The van der Waals surface area contributed by atoms with Crippen LogP contribution < -0.4 is 10.6 Å². The maximum Gasteiger partial charge on any atom is 0.251 e. The van der Waals surface area contributed by atoms with Gasteiger partial charge < -0.3 is 15.5 Å². The smallest absolute Gasteiger partial charge is 0.251 e. The monoisotopic (exact) mass is 389 g/mol. The molecule has 0 spiro atoms. The van der Waals surface area contributed by atoms with Crippen LogP contribution in [0.5, 0.6) is 0 Å². The number of fused-ring (bicyclic) bond motifs is 1. The van der Waals surface area contributed by atoms with E-state index < -0.39 is 11.9 Å². The quantitative estimate of drug-likeness (QED) is 0.824. The molecule has 0 saturated heterocycles. The van der Waals surface area contributed by atoms with Crippen molar-refractivity contribution in [3.63, 3.8) is 0 Å². The minimum atomic E-state index is -0.403. The molecule has 1 aliphatic rings. The number of hydrogen-bond acceptors (Lipinski definition) is 3. The highest BCUT2D eigenvalue weighted by atomic mass is 35.5. The van der Waals surface area contributed by atoms with E-state index in [9.17, 15) is 14.0 Å². The van der Waals surface area contributed by atoms with Crippen molar-refractivity contribution in [3.05, 3.63) is 63.9 Å². The first-order chi connectivity index (χ1) is 12.9. The summed E-state index contributed by atoms with van der Waals surface area (Å²) in [5.74, 6) is -0.677. The number of anilines is 1. The van der Waals surface area contributed by atoms with Gasteiger partial charge in [0.05, 0.1) is 6.04 Å². The summed E-state index contributed by atoms with van der Waals surface area (Å²) < 4.78 is 14.3. The van der Waals surface area contributed by atoms with Gasteiger partial charge in [-0.3, -0.25) is 9.59 Å². The second-order valence-corrected chi connectivity index (χ2v) is 7.15. The fraction of sp³-hybridized carbons (Fsp3) is 0.300. The van der Waals surface area contributed by atoms with Crippen molar-refractivity contribution in [2.24, 2.45) is 0 Å². The lowest BCUT2D eigenvalue weighted by Gasteiger charge is -2.26. The van der Waals surface area contributed by atoms with E-state index >= 15 is 0 Å². The third-order valence-corrected chi connectivity index (χ3v) is 5.00. The van der Waals surface area contributed by atoms with Crippen molar-refractivity contribution in [2.75, 3.05) is 26.0 Å². The Balaban J connectivity index is 1.74. The Bertz CT molecular complexity index is 865. The fourth-order valence-corrected chi connectivity index (χ4v) is 3.48. The third-order valence-electron chi connectivity index (χ3n) is 4.68. The van der Waals surface area contributed by atoms with Crippen molar-refractivity contribution < 1.29 is 14.0 Å². The summed E-state index contributed by atoms with van der Waals surface area (Å²) in [6, 6.07) is 9.33. The second kappa shape index (κ2) is 8.06. The Morgan fingerprint density at radius 2 is 2.07 bits per heavy atom. The molecule has 2 aromatic carbocycles. The van der Waals surface area contributed by atoms with Gasteiger partial charge >= 0.3 is 0 Å². The van der Waals surface area contributed by atoms with Gasteiger partial charge in [-0.25, -0.2) is 4.39 Å². The molecule has 1 atom stereocenters. The number of hydrogen-bond donors (Lipinski definition) is 2. The van der Waals surface area contributed by atoms with Gasteiger partial charge in [-0.15, -0.1) is 0 Å². The molecule has 0 radical (unpaired) electrons. The molecule has 1 aliphatic heterocycles. The standard InChI is InChI=1S/C20H21ClFN3O2/c1-25(2)17(19-14(21)4-3-5-15(19)22)11-23-20(27)13-6-8-16-12(10-13)7-9-18(26)24-16/h3-6,8,10,17H,7,9,11H2,1-2H3,(H,23,27)(H,24,26)/t17-/m0/s1. The van der Waals surface area contributed by atoms with E-state index in [0.29, 0.717) is 29.0 Å². The summed E-state index contributed by atoms with van der Waals surface area (Å²) >= 11 is 6.18. The molecule has 2 aromatic rings. The van der Waals surface area contributed by atoms with E-state index in [-0.39, 0.29) is 18.4 Å². The van der Waals surface area contributed by atoms with Crippen molar-refractivity contribution in [1.82, 2.24) is 10.2 Å². The van der Waals surface area contributed by atoms with Crippen molar-refractivity contribution >= 4 is 29.1 Å². The summed E-state index contributed by atoms with van der Waals surface area (Å²) in [7, 11) is 3.61. The lowest BCUT2D eigenvalue weighted by Crippen LogP contribution is -2.35. The average molecular weight is 390 g/mol. The molecule has 27 heavy (non-hydrogen) atoms. The number of rotatable bonds is 5. The van der Waals surface area contributed by atoms with Crippen LogP contribution in [0.15, 0.2) is 36.4 Å². The maximum atomic E-state index is 14.3. The summed E-state index contributed by atoms with van der Waals surface area (Å²) in [5, 5.41) is 5.97. The summed E-state index contributed by atoms with van der Waals surface area (Å²) in [6.07, 6.45) is 1.01. The lowest BCUT2D eigenvalue weighted by molar-refractivity contribution is -0.116. The van der Waals surface area contributed by atoms with E-state index in [2.05, 4.69) is 10.6 Å². The van der Waals surface area contributed by atoms with Crippen LogP contribution in [0.4, 0.5) is 10.1 Å². The number of aryl methyl sites for hydroxylation is 1. The number of carbonyl (C=O) groups excluding carboxylic acids is 2. The van der Waals surface area contributed by atoms with Gasteiger partial charge in [-0.05, 0) is 56.4 Å². The van der Waals surface area contributed by atoms with Gasteiger partial charge in [0.25, 0.3) is 5.91 Å². The Kier molecular flexibility index (Phi) is 5.77. The first-order valence-electron chi connectivity index (χ1n) is 8.68. The van der Waals surface area contributed by atoms with Gasteiger partial charge in [0.15, 0.2) is 0 Å². The number of amides is 2. The highest BCUT2D eigenvalue weighted by Gasteiger charge is 2.22. The molecular weight excluding hydrogens is 369 g/mol. The van der Waals surface area contributed by atoms with E-state index in [4.69, 9.17) is 11.6 Å². The van der Waals surface area contributed by atoms with Gasteiger partial charge in [-0.1, -0.05) is 17.7 Å². The highest BCUT2D eigenvalue weighted by molar-refractivity contribution is 6.31. The molecule has 0 aliphatic carbocycles. The molecule has 0 fully saturated rings. The number of likely N-dealkylation sites (N-methyl/N-ethyl adjacent to an activating group) is 1. The van der Waals surface area contributed by atoms with E-state index in [0.717, 1.165) is 11.3 Å². The zero-order valence-electron chi connectivity index (χ0n) is 15.2. The molecule has 0 bridgehead atoms. The third kappa shape index (κ3) is 4.28. The molecule has 0 aromatic heterocycles. The first kappa shape index (κ1) is 19.3. The molecule has 1 heterocycles. The van der Waals surface area contributed by atoms with Gasteiger partial charge in [0.1, 0.15) is 5.82 Å². The topological polar surface area (TPSA) is 61.4 Å². The maximum absolute atomic E-state index is 14.3. The Labute approximate surface area is 162 Å². The molecule has 0 unspecified atom stereocenters. The summed E-state index contributed by atoms with van der Waals surface area (Å²) in [4.78, 5) is 25.8. The van der Waals surface area contributed by atoms with Crippen LogP contribution in [0.1, 0.15) is 33.9 Å². The Morgan fingerprint density at radius 1 is 1.30 bits per heavy atom. The molecule has 2 N–H and O–H groups in total. The van der Waals surface area contributed by atoms with Crippen LogP contribution in [0, 0.1) is 5.82 Å². The van der Waals surface area contributed by atoms with Crippen molar-refractivity contribution in [1.29, 1.82) is 0 Å². The number of benzene rings is 2. The molecule has 7 heteroatoms. The normalized spacial score (nSPS) is 14.5. The van der Waals surface area contributed by atoms with Gasteiger partial charge in [-0.2, -0.15) is 0 Å². The SMILES string of the molecule is CN(C)[C@@H](CNC(=O)c1ccc2c(c1)CCC(=O)N2)c1c(F)cccc1Cl. The average Bonchev–Trinajstić information content (AvgIpc) is 2.63. The minimum absolute atomic E-state index is 0.0182. The van der Waals surface area contributed by atoms with Crippen LogP contribution in [0.2, 0.25) is 5.02 Å². The second-order valence-electron chi connectivity index (χ2n) is 6.74. The summed E-state index contributed by atoms with van der Waals surface area (Å²) in [6.45, 7) is 0.209. The molecule has 142 valence electrons. The van der Waals surface area contributed by atoms with E-state index in [1.807, 2.05) is 4.90 Å².